The number of hydrogen-bond acceptors (Lipinski definition) is 2. The van der Waals surface area contributed by atoms with Crippen molar-refractivity contribution in [1.29, 1.82) is 0 Å². The van der Waals surface area contributed by atoms with E-state index in [0.29, 0.717) is 11.5 Å². The van der Waals surface area contributed by atoms with Crippen LogP contribution in [0.4, 0.5) is 11.4 Å². The summed E-state index contributed by atoms with van der Waals surface area (Å²) in [7, 11) is 0. The van der Waals surface area contributed by atoms with Crippen LogP contribution < -0.4 is 10.6 Å². The molecular weight excluding hydrogens is 172 g/mol. The monoisotopic (exact) mass is 190 g/mol. The van der Waals surface area contributed by atoms with Crippen LogP contribution in [0.2, 0.25) is 0 Å². The number of benzene rings is 1. The Kier molecular flexibility index (Phi) is 2.14. The number of hydrogen-bond donors (Lipinski definition) is 2. The van der Waals surface area contributed by atoms with Crippen molar-refractivity contribution < 1.29 is 0 Å². The maximum atomic E-state index is 3.57. The summed E-state index contributed by atoms with van der Waals surface area (Å²) < 4.78 is 0. The zero-order valence-electron chi connectivity index (χ0n) is 9.09. The van der Waals surface area contributed by atoms with Crippen LogP contribution in [0, 0.1) is 5.41 Å². The molecule has 2 heteroatoms. The molecule has 1 aromatic rings. The Labute approximate surface area is 85.7 Å². The van der Waals surface area contributed by atoms with Crippen LogP contribution in [0.1, 0.15) is 20.8 Å². The number of rotatable bonds is 0. The first-order chi connectivity index (χ1) is 6.57. The standard InChI is InChI=1S/C12H18N2/c1-12(2,3)11-8-13-9-6-4-5-7-10(9)14-11/h4-7,11,13-14H,8H2,1-3H3/t11-/m1/s1. The Morgan fingerprint density at radius 3 is 2.43 bits per heavy atom. The number of para-hydroxylation sites is 2. The summed E-state index contributed by atoms with van der Waals surface area (Å²) in [6.45, 7) is 7.79. The predicted molar refractivity (Wildman–Crippen MR) is 61.8 cm³/mol. The van der Waals surface area contributed by atoms with Crippen molar-refractivity contribution in [2.75, 3.05) is 17.2 Å². The zero-order chi connectivity index (χ0) is 10.2. The molecule has 0 saturated heterocycles. The maximum absolute atomic E-state index is 3.57. The Morgan fingerprint density at radius 1 is 1.14 bits per heavy atom. The van der Waals surface area contributed by atoms with E-state index in [9.17, 15) is 0 Å². The summed E-state index contributed by atoms with van der Waals surface area (Å²) in [6, 6.07) is 8.86. The molecule has 2 rings (SSSR count). The molecule has 0 fully saturated rings. The van der Waals surface area contributed by atoms with Gasteiger partial charge in [0, 0.05) is 12.6 Å². The first-order valence-corrected chi connectivity index (χ1v) is 5.17. The molecule has 1 heterocycles. The van der Waals surface area contributed by atoms with Gasteiger partial charge in [0.2, 0.25) is 0 Å². The fraction of sp³-hybridized carbons (Fsp3) is 0.500. The Morgan fingerprint density at radius 2 is 1.79 bits per heavy atom. The number of anilines is 2. The molecule has 2 N–H and O–H groups in total. The third-order valence-corrected chi connectivity index (χ3v) is 2.80. The van der Waals surface area contributed by atoms with Crippen LogP contribution in [-0.2, 0) is 0 Å². The lowest BCUT2D eigenvalue weighted by Crippen LogP contribution is -2.42. The predicted octanol–water partition coefficient (Wildman–Crippen LogP) is 2.94. The molecule has 0 aliphatic carbocycles. The Balaban J connectivity index is 2.22. The van der Waals surface area contributed by atoms with E-state index in [2.05, 4.69) is 55.7 Å². The van der Waals surface area contributed by atoms with Gasteiger partial charge in [-0.25, -0.2) is 0 Å². The van der Waals surface area contributed by atoms with Gasteiger partial charge in [0.05, 0.1) is 11.4 Å². The van der Waals surface area contributed by atoms with Gasteiger partial charge in [0.25, 0.3) is 0 Å². The van der Waals surface area contributed by atoms with E-state index in [-0.39, 0.29) is 0 Å². The van der Waals surface area contributed by atoms with Crippen molar-refractivity contribution in [2.45, 2.75) is 26.8 Å². The second-order valence-electron chi connectivity index (χ2n) is 4.99. The molecular formula is C12H18N2. The van der Waals surface area contributed by atoms with Crippen LogP contribution in [0.15, 0.2) is 24.3 Å². The van der Waals surface area contributed by atoms with E-state index >= 15 is 0 Å². The van der Waals surface area contributed by atoms with E-state index in [0.717, 1.165) is 6.54 Å². The van der Waals surface area contributed by atoms with Crippen molar-refractivity contribution in [1.82, 2.24) is 0 Å². The highest BCUT2D eigenvalue weighted by atomic mass is 15.1. The Bertz CT molecular complexity index is 325. The van der Waals surface area contributed by atoms with Gasteiger partial charge in [0.15, 0.2) is 0 Å². The molecule has 0 amide bonds. The largest absolute Gasteiger partial charge is 0.381 e. The minimum atomic E-state index is 0.292. The summed E-state index contributed by atoms with van der Waals surface area (Å²) in [6.07, 6.45) is 0. The highest BCUT2D eigenvalue weighted by molar-refractivity contribution is 5.71. The molecule has 0 aromatic heterocycles. The lowest BCUT2D eigenvalue weighted by atomic mass is 9.85. The van der Waals surface area contributed by atoms with Gasteiger partial charge in [-0.15, -0.1) is 0 Å². The average Bonchev–Trinajstić information content (AvgIpc) is 2.16. The highest BCUT2D eigenvalue weighted by Gasteiger charge is 2.27. The van der Waals surface area contributed by atoms with Crippen molar-refractivity contribution in [3.63, 3.8) is 0 Å². The van der Waals surface area contributed by atoms with Gasteiger partial charge in [-0.05, 0) is 17.5 Å². The molecule has 1 aromatic carbocycles. The summed E-state index contributed by atoms with van der Waals surface area (Å²) in [5.41, 5.74) is 2.73. The minimum absolute atomic E-state index is 0.292. The van der Waals surface area contributed by atoms with Gasteiger partial charge < -0.3 is 10.6 Å². The van der Waals surface area contributed by atoms with E-state index < -0.39 is 0 Å². The summed E-state index contributed by atoms with van der Waals surface area (Å²) in [4.78, 5) is 0. The normalized spacial score (nSPS) is 20.6. The molecule has 0 radical (unpaired) electrons. The molecule has 76 valence electrons. The molecule has 1 aliphatic rings. The fourth-order valence-electron chi connectivity index (χ4n) is 1.74. The first-order valence-electron chi connectivity index (χ1n) is 5.17. The van der Waals surface area contributed by atoms with Gasteiger partial charge in [0.1, 0.15) is 0 Å². The van der Waals surface area contributed by atoms with Crippen molar-refractivity contribution >= 4 is 11.4 Å². The SMILES string of the molecule is CC(C)(C)[C@H]1CNc2ccccc2N1. The van der Waals surface area contributed by atoms with Crippen molar-refractivity contribution in [3.05, 3.63) is 24.3 Å². The summed E-state index contributed by atoms with van der Waals surface area (Å²) >= 11 is 0. The average molecular weight is 190 g/mol. The van der Waals surface area contributed by atoms with E-state index in [1.54, 1.807) is 0 Å². The van der Waals surface area contributed by atoms with Crippen LogP contribution in [-0.4, -0.2) is 12.6 Å². The third-order valence-electron chi connectivity index (χ3n) is 2.80. The minimum Gasteiger partial charge on any atom is -0.381 e. The maximum Gasteiger partial charge on any atom is 0.0578 e. The smallest absolute Gasteiger partial charge is 0.0578 e. The van der Waals surface area contributed by atoms with Crippen LogP contribution >= 0.6 is 0 Å². The van der Waals surface area contributed by atoms with E-state index in [4.69, 9.17) is 0 Å². The van der Waals surface area contributed by atoms with Crippen molar-refractivity contribution in [3.8, 4) is 0 Å². The molecule has 1 atom stereocenters. The fourth-order valence-corrected chi connectivity index (χ4v) is 1.74. The zero-order valence-corrected chi connectivity index (χ0v) is 9.09. The molecule has 14 heavy (non-hydrogen) atoms. The van der Waals surface area contributed by atoms with E-state index in [1.165, 1.54) is 11.4 Å². The molecule has 1 aliphatic heterocycles. The molecule has 0 spiro atoms. The molecule has 0 unspecified atom stereocenters. The second kappa shape index (κ2) is 3.19. The second-order valence-corrected chi connectivity index (χ2v) is 4.99. The van der Waals surface area contributed by atoms with Gasteiger partial charge in [-0.2, -0.15) is 0 Å². The van der Waals surface area contributed by atoms with Crippen LogP contribution in [0.25, 0.3) is 0 Å². The molecule has 0 bridgehead atoms. The first kappa shape index (κ1) is 9.38. The molecule has 0 saturated carbocycles. The molecule has 2 nitrogen and oxygen atoms in total. The summed E-state index contributed by atoms with van der Waals surface area (Å²) in [5, 5.41) is 7.03. The third kappa shape index (κ3) is 1.69. The van der Waals surface area contributed by atoms with Crippen LogP contribution in [0.5, 0.6) is 0 Å². The van der Waals surface area contributed by atoms with Crippen molar-refractivity contribution in [2.24, 2.45) is 5.41 Å². The lowest BCUT2D eigenvalue weighted by Gasteiger charge is -2.37. The lowest BCUT2D eigenvalue weighted by molar-refractivity contribution is 0.348. The number of nitrogens with one attached hydrogen (secondary N) is 2. The quantitative estimate of drug-likeness (QED) is 0.657. The highest BCUT2D eigenvalue weighted by Crippen LogP contribution is 2.31. The summed E-state index contributed by atoms with van der Waals surface area (Å²) in [5.74, 6) is 0. The topological polar surface area (TPSA) is 24.1 Å². The van der Waals surface area contributed by atoms with Gasteiger partial charge in [-0.1, -0.05) is 32.9 Å². The Hall–Kier alpha value is -1.18. The van der Waals surface area contributed by atoms with Crippen LogP contribution in [0.3, 0.4) is 0 Å². The van der Waals surface area contributed by atoms with Gasteiger partial charge in [-0.3, -0.25) is 0 Å². The van der Waals surface area contributed by atoms with Gasteiger partial charge >= 0.3 is 0 Å². The number of fused-ring (bicyclic) bond motifs is 1. The van der Waals surface area contributed by atoms with E-state index in [1.807, 2.05) is 0 Å².